The molecule has 0 aliphatic rings. The fraction of sp³-hybridized carbons (Fsp3) is 0.533. The van der Waals surface area contributed by atoms with E-state index in [1.54, 1.807) is 0 Å². The number of benzene rings is 1. The molecule has 1 rings (SSSR count). The molecule has 4 nitrogen and oxygen atoms in total. The van der Waals surface area contributed by atoms with Crippen molar-refractivity contribution in [3.8, 4) is 0 Å². The predicted octanol–water partition coefficient (Wildman–Crippen LogP) is 1.32. The molecule has 0 aliphatic carbocycles. The molecule has 0 fully saturated rings. The summed E-state index contributed by atoms with van der Waals surface area (Å²) >= 11 is 0. The highest BCUT2D eigenvalue weighted by atomic mass is 16.2. The fourth-order valence-electron chi connectivity index (χ4n) is 1.86. The second-order valence-electron chi connectivity index (χ2n) is 5.00. The van der Waals surface area contributed by atoms with Gasteiger partial charge in [0, 0.05) is 26.1 Å². The topological polar surface area (TPSA) is 49.6 Å². The lowest BCUT2D eigenvalue weighted by Gasteiger charge is -2.23. The number of hydrogen-bond acceptors (Lipinski definition) is 3. The van der Waals surface area contributed by atoms with Crippen molar-refractivity contribution < 1.29 is 4.79 Å². The summed E-state index contributed by atoms with van der Waals surface area (Å²) in [7, 11) is 3.96. The van der Waals surface area contributed by atoms with Gasteiger partial charge in [-0.15, -0.1) is 0 Å². The minimum Gasteiger partial charge on any atom is -0.338 e. The quantitative estimate of drug-likeness (QED) is 0.769. The first-order valence-corrected chi connectivity index (χ1v) is 6.80. The van der Waals surface area contributed by atoms with Crippen LogP contribution in [-0.2, 0) is 11.3 Å². The molecule has 1 amide bonds. The van der Waals surface area contributed by atoms with Crippen LogP contribution >= 0.6 is 0 Å². The number of nitrogens with two attached hydrogens (primary N) is 1. The Balaban J connectivity index is 2.57. The zero-order valence-electron chi connectivity index (χ0n) is 12.0. The zero-order valence-corrected chi connectivity index (χ0v) is 12.0. The number of nitrogens with zero attached hydrogens (tertiary/aromatic N) is 2. The molecule has 0 atom stereocenters. The third-order valence-electron chi connectivity index (χ3n) is 2.97. The fourth-order valence-corrected chi connectivity index (χ4v) is 1.86. The minimum atomic E-state index is 0.200. The van der Waals surface area contributed by atoms with Crippen LogP contribution in [0.5, 0.6) is 0 Å². The van der Waals surface area contributed by atoms with Crippen LogP contribution < -0.4 is 5.73 Å². The van der Waals surface area contributed by atoms with E-state index < -0.39 is 0 Å². The Morgan fingerprint density at radius 3 is 2.42 bits per heavy atom. The first-order chi connectivity index (χ1) is 9.13. The van der Waals surface area contributed by atoms with Crippen LogP contribution in [0.2, 0.25) is 0 Å². The summed E-state index contributed by atoms with van der Waals surface area (Å²) in [4.78, 5) is 16.2. The highest BCUT2D eigenvalue weighted by Gasteiger charge is 2.13. The zero-order chi connectivity index (χ0) is 14.1. The van der Waals surface area contributed by atoms with E-state index in [0.29, 0.717) is 19.5 Å². The Morgan fingerprint density at radius 1 is 1.16 bits per heavy atom. The van der Waals surface area contributed by atoms with E-state index in [-0.39, 0.29) is 5.91 Å². The van der Waals surface area contributed by atoms with E-state index in [9.17, 15) is 4.79 Å². The van der Waals surface area contributed by atoms with Gasteiger partial charge in [0.15, 0.2) is 0 Å². The summed E-state index contributed by atoms with van der Waals surface area (Å²) in [5, 5.41) is 0. The van der Waals surface area contributed by atoms with Gasteiger partial charge in [-0.1, -0.05) is 30.3 Å². The van der Waals surface area contributed by atoms with Crippen molar-refractivity contribution in [3.05, 3.63) is 35.9 Å². The lowest BCUT2D eigenvalue weighted by atomic mass is 10.2. The van der Waals surface area contributed by atoms with Gasteiger partial charge in [-0.3, -0.25) is 4.79 Å². The maximum absolute atomic E-state index is 12.2. The molecular weight excluding hydrogens is 238 g/mol. The van der Waals surface area contributed by atoms with Crippen molar-refractivity contribution in [2.24, 2.45) is 5.73 Å². The number of rotatable bonds is 8. The van der Waals surface area contributed by atoms with Gasteiger partial charge in [0.1, 0.15) is 0 Å². The molecule has 0 bridgehead atoms. The third kappa shape index (κ3) is 6.36. The van der Waals surface area contributed by atoms with Crippen LogP contribution in [0.1, 0.15) is 18.4 Å². The number of carbonyl (C=O) groups excluding carboxylic acids is 1. The third-order valence-corrected chi connectivity index (χ3v) is 2.97. The summed E-state index contributed by atoms with van der Waals surface area (Å²) in [5.74, 6) is 0.200. The van der Waals surface area contributed by atoms with Gasteiger partial charge in [-0.25, -0.2) is 0 Å². The summed E-state index contributed by atoms with van der Waals surface area (Å²) in [6.45, 7) is 2.81. The minimum absolute atomic E-state index is 0.200. The smallest absolute Gasteiger partial charge is 0.224 e. The summed E-state index contributed by atoms with van der Waals surface area (Å²) in [5.41, 5.74) is 6.71. The number of carbonyl (C=O) groups is 1. The average Bonchev–Trinajstić information content (AvgIpc) is 2.41. The maximum Gasteiger partial charge on any atom is 0.224 e. The highest BCUT2D eigenvalue weighted by molar-refractivity contribution is 5.76. The molecule has 0 saturated carbocycles. The van der Waals surface area contributed by atoms with E-state index >= 15 is 0 Å². The van der Waals surface area contributed by atoms with Crippen LogP contribution in [0.4, 0.5) is 0 Å². The first kappa shape index (κ1) is 15.7. The van der Waals surface area contributed by atoms with Crippen LogP contribution in [-0.4, -0.2) is 49.4 Å². The van der Waals surface area contributed by atoms with Crippen LogP contribution in [0.3, 0.4) is 0 Å². The Hall–Kier alpha value is -1.39. The largest absolute Gasteiger partial charge is 0.338 e. The molecule has 0 heterocycles. The Bertz CT molecular complexity index is 365. The lowest BCUT2D eigenvalue weighted by molar-refractivity contribution is -0.132. The van der Waals surface area contributed by atoms with Crippen molar-refractivity contribution in [2.45, 2.75) is 19.4 Å². The Kier molecular flexibility index (Phi) is 7.15. The van der Waals surface area contributed by atoms with E-state index in [2.05, 4.69) is 12.1 Å². The highest BCUT2D eigenvalue weighted by Crippen LogP contribution is 2.07. The van der Waals surface area contributed by atoms with Gasteiger partial charge in [-0.2, -0.15) is 0 Å². The van der Waals surface area contributed by atoms with Gasteiger partial charge >= 0.3 is 0 Å². The van der Waals surface area contributed by atoms with Crippen molar-refractivity contribution in [2.75, 3.05) is 33.7 Å². The Morgan fingerprint density at radius 2 is 1.84 bits per heavy atom. The summed E-state index contributed by atoms with van der Waals surface area (Å²) < 4.78 is 0. The van der Waals surface area contributed by atoms with Crippen LogP contribution in [0.25, 0.3) is 0 Å². The van der Waals surface area contributed by atoms with Crippen molar-refractivity contribution in [3.63, 3.8) is 0 Å². The summed E-state index contributed by atoms with van der Waals surface area (Å²) in [6.07, 6.45) is 1.41. The molecular formula is C15H25N3O. The maximum atomic E-state index is 12.2. The first-order valence-electron chi connectivity index (χ1n) is 6.80. The van der Waals surface area contributed by atoms with Crippen molar-refractivity contribution in [1.82, 2.24) is 9.80 Å². The second kappa shape index (κ2) is 8.67. The van der Waals surface area contributed by atoms with Crippen molar-refractivity contribution in [1.29, 1.82) is 0 Å². The van der Waals surface area contributed by atoms with Crippen molar-refractivity contribution >= 4 is 5.91 Å². The van der Waals surface area contributed by atoms with Gasteiger partial charge in [-0.05, 0) is 32.6 Å². The van der Waals surface area contributed by atoms with Crippen LogP contribution in [0, 0.1) is 0 Å². The monoisotopic (exact) mass is 263 g/mol. The summed E-state index contributed by atoms with van der Waals surface area (Å²) in [6, 6.07) is 10.1. The van der Waals surface area contributed by atoms with E-state index in [0.717, 1.165) is 25.1 Å². The van der Waals surface area contributed by atoms with E-state index in [4.69, 9.17) is 5.73 Å². The van der Waals surface area contributed by atoms with Crippen LogP contribution in [0.15, 0.2) is 30.3 Å². The number of hydrogen-bond donors (Lipinski definition) is 1. The SMILES string of the molecule is CN(C)CCC(=O)N(CCCN)Cc1ccccc1. The molecule has 4 heteroatoms. The predicted molar refractivity (Wildman–Crippen MR) is 78.7 cm³/mol. The molecule has 106 valence electrons. The molecule has 0 unspecified atom stereocenters. The molecule has 0 spiro atoms. The molecule has 19 heavy (non-hydrogen) atoms. The lowest BCUT2D eigenvalue weighted by Crippen LogP contribution is -2.34. The number of amides is 1. The average molecular weight is 263 g/mol. The van der Waals surface area contributed by atoms with E-state index in [1.807, 2.05) is 42.1 Å². The molecule has 0 aliphatic heterocycles. The molecule has 0 aromatic heterocycles. The van der Waals surface area contributed by atoms with Gasteiger partial charge in [0.2, 0.25) is 5.91 Å². The molecule has 2 N–H and O–H groups in total. The van der Waals surface area contributed by atoms with Gasteiger partial charge < -0.3 is 15.5 Å². The molecule has 1 aromatic carbocycles. The van der Waals surface area contributed by atoms with Gasteiger partial charge in [0.05, 0.1) is 0 Å². The normalized spacial score (nSPS) is 10.7. The standard InChI is InChI=1S/C15H25N3O/c1-17(2)12-9-15(19)18(11-6-10-16)13-14-7-4-3-5-8-14/h3-5,7-8H,6,9-13,16H2,1-2H3. The molecule has 0 radical (unpaired) electrons. The molecule has 1 aromatic rings. The Labute approximate surface area is 116 Å². The second-order valence-corrected chi connectivity index (χ2v) is 5.00. The molecule has 0 saturated heterocycles. The van der Waals surface area contributed by atoms with E-state index in [1.165, 1.54) is 0 Å². The van der Waals surface area contributed by atoms with Gasteiger partial charge in [0.25, 0.3) is 0 Å².